The van der Waals surface area contributed by atoms with E-state index < -0.39 is 23.2 Å². The highest BCUT2D eigenvalue weighted by Crippen LogP contribution is 2.46. The van der Waals surface area contributed by atoms with Gasteiger partial charge in [0.1, 0.15) is 0 Å². The molecule has 3 rings (SSSR count). The Morgan fingerprint density at radius 2 is 1.67 bits per heavy atom. The van der Waals surface area contributed by atoms with Gasteiger partial charge in [0, 0.05) is 0 Å². The second-order valence-corrected chi connectivity index (χ2v) is 4.89. The molecule has 0 atom stereocenters. The van der Waals surface area contributed by atoms with Crippen LogP contribution in [0.3, 0.4) is 0 Å². The highest BCUT2D eigenvalue weighted by molar-refractivity contribution is 6.20. The van der Waals surface area contributed by atoms with Gasteiger partial charge < -0.3 is 4.84 Å². The van der Waals surface area contributed by atoms with Crippen molar-refractivity contribution < 1.29 is 19.2 Å². The molecule has 5 heteroatoms. The molecule has 0 unspecified atom stereocenters. The lowest BCUT2D eigenvalue weighted by Gasteiger charge is -2.15. The van der Waals surface area contributed by atoms with Gasteiger partial charge >= 0.3 is 5.97 Å². The Morgan fingerprint density at radius 1 is 1.17 bits per heavy atom. The number of carbonyl (C=O) groups excluding carboxylic acids is 3. The number of fused-ring (bicyclic) bond motifs is 1. The third-order valence-electron chi connectivity index (χ3n) is 3.42. The number of amides is 2. The fraction of sp³-hybridized carbons (Fsp3) is 0.308. The molecule has 2 amide bonds. The summed E-state index contributed by atoms with van der Waals surface area (Å²) in [5.41, 5.74) is 0.0162. The van der Waals surface area contributed by atoms with E-state index in [0.29, 0.717) is 5.06 Å². The van der Waals surface area contributed by atoms with Gasteiger partial charge in [-0.2, -0.15) is 0 Å². The number of imide groups is 1. The zero-order chi connectivity index (χ0) is 12.9. The lowest BCUT2D eigenvalue weighted by atomic mass is 10.1. The van der Waals surface area contributed by atoms with Crippen LogP contribution in [0.1, 0.15) is 40.5 Å². The van der Waals surface area contributed by atoms with Crippen molar-refractivity contribution in [2.45, 2.75) is 19.8 Å². The topological polar surface area (TPSA) is 63.7 Å². The van der Waals surface area contributed by atoms with E-state index in [1.165, 1.54) is 0 Å². The zero-order valence-corrected chi connectivity index (χ0v) is 9.80. The Kier molecular flexibility index (Phi) is 2.08. The van der Waals surface area contributed by atoms with Gasteiger partial charge in [-0.1, -0.05) is 17.2 Å². The molecular weight excluding hydrogens is 234 g/mol. The van der Waals surface area contributed by atoms with Crippen molar-refractivity contribution in [2.75, 3.05) is 0 Å². The van der Waals surface area contributed by atoms with Gasteiger partial charge in [-0.25, -0.2) is 4.79 Å². The van der Waals surface area contributed by atoms with Gasteiger partial charge in [-0.3, -0.25) is 9.59 Å². The molecule has 1 aromatic rings. The molecule has 0 N–H and O–H groups in total. The van der Waals surface area contributed by atoms with Crippen LogP contribution in [0.25, 0.3) is 0 Å². The summed E-state index contributed by atoms with van der Waals surface area (Å²) in [6.07, 6.45) is 1.46. The van der Waals surface area contributed by atoms with Crippen LogP contribution in [-0.2, 0) is 9.63 Å². The van der Waals surface area contributed by atoms with Crippen molar-refractivity contribution in [3.05, 3.63) is 35.4 Å². The van der Waals surface area contributed by atoms with E-state index in [4.69, 9.17) is 4.84 Å². The number of rotatable bonds is 2. The SMILES string of the molecule is CC1(C(=O)ON2C(=O)c3ccccc3C2=O)CC1. The highest BCUT2D eigenvalue weighted by atomic mass is 16.7. The van der Waals surface area contributed by atoms with Crippen molar-refractivity contribution >= 4 is 17.8 Å². The van der Waals surface area contributed by atoms with Crippen molar-refractivity contribution in [1.82, 2.24) is 5.06 Å². The first kappa shape index (κ1) is 11.0. The molecule has 5 nitrogen and oxygen atoms in total. The number of benzene rings is 1. The van der Waals surface area contributed by atoms with E-state index in [2.05, 4.69) is 0 Å². The molecular formula is C13H11NO4. The third kappa shape index (κ3) is 1.44. The van der Waals surface area contributed by atoms with E-state index >= 15 is 0 Å². The Morgan fingerprint density at radius 3 is 2.11 bits per heavy atom. The van der Waals surface area contributed by atoms with Gasteiger partial charge in [0.05, 0.1) is 16.5 Å². The van der Waals surface area contributed by atoms with E-state index in [1.54, 1.807) is 31.2 Å². The Balaban J connectivity index is 1.86. The average Bonchev–Trinajstić information content (AvgIpc) is 3.08. The number of hydrogen-bond acceptors (Lipinski definition) is 4. The summed E-state index contributed by atoms with van der Waals surface area (Å²) in [5, 5.41) is 0.566. The Hall–Kier alpha value is -2.17. The van der Waals surface area contributed by atoms with Crippen LogP contribution >= 0.6 is 0 Å². The number of hydroxylamine groups is 2. The first-order chi connectivity index (χ1) is 8.53. The summed E-state index contributed by atoms with van der Waals surface area (Å²) in [6, 6.07) is 6.42. The molecule has 0 saturated heterocycles. The lowest BCUT2D eigenvalue weighted by molar-refractivity contribution is -0.174. The largest absolute Gasteiger partial charge is 0.339 e. The maximum atomic E-state index is 11.9. The van der Waals surface area contributed by atoms with Crippen LogP contribution in [-0.4, -0.2) is 22.8 Å². The van der Waals surface area contributed by atoms with Gasteiger partial charge in [-0.05, 0) is 31.9 Å². The molecule has 0 aromatic heterocycles. The van der Waals surface area contributed by atoms with Crippen molar-refractivity contribution in [2.24, 2.45) is 5.41 Å². The molecule has 1 aliphatic heterocycles. The highest BCUT2D eigenvalue weighted by Gasteiger charge is 2.49. The zero-order valence-electron chi connectivity index (χ0n) is 9.80. The summed E-state index contributed by atoms with van der Waals surface area (Å²) < 4.78 is 0. The summed E-state index contributed by atoms with van der Waals surface area (Å²) >= 11 is 0. The molecule has 1 saturated carbocycles. The summed E-state index contributed by atoms with van der Waals surface area (Å²) in [6.45, 7) is 1.76. The molecule has 1 aliphatic carbocycles. The predicted octanol–water partition coefficient (Wildman–Crippen LogP) is 1.54. The van der Waals surface area contributed by atoms with Gasteiger partial charge in [0.25, 0.3) is 11.8 Å². The summed E-state index contributed by atoms with van der Waals surface area (Å²) in [5.74, 6) is -1.67. The molecule has 92 valence electrons. The molecule has 1 heterocycles. The van der Waals surface area contributed by atoms with Gasteiger partial charge in [0.15, 0.2) is 0 Å². The van der Waals surface area contributed by atoms with Crippen molar-refractivity contribution in [3.63, 3.8) is 0 Å². The summed E-state index contributed by atoms with van der Waals surface area (Å²) in [7, 11) is 0. The van der Waals surface area contributed by atoms with E-state index in [9.17, 15) is 14.4 Å². The van der Waals surface area contributed by atoms with Crippen LogP contribution in [0.4, 0.5) is 0 Å². The standard InChI is InChI=1S/C13H11NO4/c1-13(6-7-13)12(17)18-14-10(15)8-4-2-3-5-9(8)11(14)16/h2-5H,6-7H2,1H3. The second-order valence-electron chi connectivity index (χ2n) is 4.89. The molecule has 0 spiro atoms. The van der Waals surface area contributed by atoms with E-state index in [-0.39, 0.29) is 11.1 Å². The van der Waals surface area contributed by atoms with E-state index in [0.717, 1.165) is 12.8 Å². The van der Waals surface area contributed by atoms with Crippen LogP contribution in [0, 0.1) is 5.41 Å². The minimum absolute atomic E-state index is 0.274. The normalized spacial score (nSPS) is 19.7. The van der Waals surface area contributed by atoms with Crippen LogP contribution in [0.5, 0.6) is 0 Å². The fourth-order valence-corrected chi connectivity index (χ4v) is 1.83. The van der Waals surface area contributed by atoms with Crippen molar-refractivity contribution in [1.29, 1.82) is 0 Å². The van der Waals surface area contributed by atoms with Crippen LogP contribution in [0.2, 0.25) is 0 Å². The molecule has 1 fully saturated rings. The third-order valence-corrected chi connectivity index (χ3v) is 3.42. The van der Waals surface area contributed by atoms with Crippen LogP contribution < -0.4 is 0 Å². The second kappa shape index (κ2) is 3.41. The first-order valence-corrected chi connectivity index (χ1v) is 5.73. The summed E-state index contributed by atoms with van der Waals surface area (Å²) in [4.78, 5) is 40.5. The predicted molar refractivity (Wildman–Crippen MR) is 60.4 cm³/mol. The Labute approximate surface area is 103 Å². The molecule has 0 radical (unpaired) electrons. The maximum absolute atomic E-state index is 11.9. The fourth-order valence-electron chi connectivity index (χ4n) is 1.83. The van der Waals surface area contributed by atoms with E-state index in [1.807, 2.05) is 0 Å². The number of hydrogen-bond donors (Lipinski definition) is 0. The number of nitrogens with zero attached hydrogens (tertiary/aromatic N) is 1. The molecule has 18 heavy (non-hydrogen) atoms. The van der Waals surface area contributed by atoms with Crippen LogP contribution in [0.15, 0.2) is 24.3 Å². The van der Waals surface area contributed by atoms with Gasteiger partial charge in [-0.15, -0.1) is 0 Å². The first-order valence-electron chi connectivity index (χ1n) is 5.73. The molecule has 1 aromatic carbocycles. The van der Waals surface area contributed by atoms with Gasteiger partial charge in [0.2, 0.25) is 0 Å². The average molecular weight is 245 g/mol. The lowest BCUT2D eigenvalue weighted by Crippen LogP contribution is -2.35. The molecule has 0 bridgehead atoms. The smallest absolute Gasteiger partial charge is 0.329 e. The minimum atomic E-state index is -0.576. The maximum Gasteiger partial charge on any atom is 0.339 e. The Bertz CT molecular complexity index is 539. The quantitative estimate of drug-likeness (QED) is 0.741. The minimum Gasteiger partial charge on any atom is -0.329 e. The van der Waals surface area contributed by atoms with Crippen molar-refractivity contribution in [3.8, 4) is 0 Å². The number of carbonyl (C=O) groups is 3. The monoisotopic (exact) mass is 245 g/mol. The molecule has 2 aliphatic rings.